The van der Waals surface area contributed by atoms with Crippen molar-refractivity contribution in [3.63, 3.8) is 0 Å². The van der Waals surface area contributed by atoms with E-state index in [1.165, 1.54) is 0 Å². The molecule has 0 radical (unpaired) electrons. The van der Waals surface area contributed by atoms with E-state index in [1.807, 2.05) is 13.8 Å². The van der Waals surface area contributed by atoms with E-state index >= 15 is 0 Å². The van der Waals surface area contributed by atoms with Crippen molar-refractivity contribution in [1.82, 2.24) is 10.3 Å². The molecule has 33 heavy (non-hydrogen) atoms. The molecule has 5 N–H and O–H groups in total. The van der Waals surface area contributed by atoms with Gasteiger partial charge < -0.3 is 26.0 Å². The fourth-order valence-corrected chi connectivity index (χ4v) is 3.06. The number of aromatic nitrogens is 1. The molecule has 0 saturated heterocycles. The summed E-state index contributed by atoms with van der Waals surface area (Å²) in [5.74, 6) is -1.69. The highest BCUT2D eigenvalue weighted by molar-refractivity contribution is 7.17. The number of nitrogens with one attached hydrogen (secondary N) is 1. The highest BCUT2D eigenvalue weighted by atomic mass is 32.1. The number of nitrogens with two attached hydrogens (primary N) is 1. The quantitative estimate of drug-likeness (QED) is 0.416. The molecule has 0 atom stereocenters. The second kappa shape index (κ2) is 15.3. The smallest absolute Gasteiger partial charge is 0.322 e. The number of amides is 1. The molecule has 0 aliphatic carbocycles. The van der Waals surface area contributed by atoms with E-state index in [2.05, 4.69) is 20.9 Å². The van der Waals surface area contributed by atoms with Crippen molar-refractivity contribution in [2.45, 2.75) is 28.2 Å². The highest BCUT2D eigenvalue weighted by Crippen LogP contribution is 2.35. The third-order valence-corrected chi connectivity index (χ3v) is 4.68. The second-order valence-corrected chi connectivity index (χ2v) is 7.61. The molecular formula is C21H29FN4O6S. The first-order valence-electron chi connectivity index (χ1n) is 9.12. The van der Waals surface area contributed by atoms with Crippen LogP contribution in [0, 0.1) is 19.4 Å². The predicted molar refractivity (Wildman–Crippen MR) is 125 cm³/mol. The van der Waals surface area contributed by atoms with Gasteiger partial charge in [0, 0.05) is 5.56 Å². The van der Waals surface area contributed by atoms with E-state index in [4.69, 9.17) is 21.5 Å². The number of ether oxygens (including phenoxy) is 1. The molecule has 2 aromatic rings. The second-order valence-electron chi connectivity index (χ2n) is 6.61. The number of thiazole rings is 1. The van der Waals surface area contributed by atoms with E-state index in [-0.39, 0.29) is 18.7 Å². The maximum atomic E-state index is 12.1. The van der Waals surface area contributed by atoms with Gasteiger partial charge in [-0.15, -0.1) is 11.3 Å². The van der Waals surface area contributed by atoms with Crippen molar-refractivity contribution < 1.29 is 34.0 Å². The maximum absolute atomic E-state index is 12.1. The molecule has 1 aromatic carbocycles. The van der Waals surface area contributed by atoms with Crippen LogP contribution in [0.15, 0.2) is 18.2 Å². The van der Waals surface area contributed by atoms with Crippen molar-refractivity contribution in [3.05, 3.63) is 40.2 Å². The van der Waals surface area contributed by atoms with Crippen LogP contribution in [-0.4, -0.2) is 52.7 Å². The average molecular weight is 485 g/mol. The minimum atomic E-state index is -1.11. The first-order chi connectivity index (χ1) is 14.6. The Morgan fingerprint density at radius 3 is 2.36 bits per heavy atom. The van der Waals surface area contributed by atoms with Gasteiger partial charge in [-0.05, 0) is 25.0 Å². The minimum absolute atomic E-state index is 0. The summed E-state index contributed by atoms with van der Waals surface area (Å²) in [7, 11) is 0. The molecule has 182 valence electrons. The zero-order chi connectivity index (χ0) is 23.6. The molecule has 0 unspecified atom stereocenters. The van der Waals surface area contributed by atoms with Gasteiger partial charge in [-0.3, -0.25) is 19.1 Å². The number of carbonyl (C=O) groups is 3. The molecule has 0 saturated carbocycles. The lowest BCUT2D eigenvalue weighted by Crippen LogP contribution is -2.29. The van der Waals surface area contributed by atoms with Crippen molar-refractivity contribution in [3.8, 4) is 16.3 Å². The summed E-state index contributed by atoms with van der Waals surface area (Å²) in [6.07, 6.45) is 0. The number of nitrogens with zero attached hydrogens (tertiary/aromatic N) is 2. The van der Waals surface area contributed by atoms with Crippen LogP contribution >= 0.6 is 11.3 Å². The zero-order valence-corrected chi connectivity index (χ0v) is 18.6. The monoisotopic (exact) mass is 484 g/mol. The van der Waals surface area contributed by atoms with E-state index in [9.17, 15) is 14.4 Å². The molecule has 1 heterocycles. The van der Waals surface area contributed by atoms with Gasteiger partial charge in [0.05, 0.1) is 25.4 Å². The van der Waals surface area contributed by atoms with Gasteiger partial charge in [-0.2, -0.15) is 0 Å². The van der Waals surface area contributed by atoms with Crippen LogP contribution in [0.5, 0.6) is 5.75 Å². The van der Waals surface area contributed by atoms with Gasteiger partial charge in [0.1, 0.15) is 22.2 Å². The number of benzene rings is 1. The molecule has 10 nitrogen and oxygen atoms in total. The Morgan fingerprint density at radius 2 is 1.88 bits per heavy atom. The van der Waals surface area contributed by atoms with Crippen LogP contribution in [0.2, 0.25) is 0 Å². The number of carbonyl (C=O) groups excluding carboxylic acids is 1. The summed E-state index contributed by atoms with van der Waals surface area (Å²) in [5, 5.41) is 19.2. The number of carboxylic acid groups (broad SMARTS) is 2. The van der Waals surface area contributed by atoms with Crippen molar-refractivity contribution in [2.75, 3.05) is 19.7 Å². The number of carboxylic acids is 2. The summed E-state index contributed by atoms with van der Waals surface area (Å²) >= 11 is 1.16. The molecule has 1 aromatic heterocycles. The molecule has 0 spiro atoms. The lowest BCUT2D eigenvalue weighted by Gasteiger charge is -2.10. The summed E-state index contributed by atoms with van der Waals surface area (Å²) in [6, 6.07) is 5.20. The lowest BCUT2D eigenvalue weighted by atomic mass is 10.2. The topological polar surface area (TPSA) is 156 Å². The molecule has 2 rings (SSSR count). The number of aryl methyl sites for hydroxylation is 1. The van der Waals surface area contributed by atoms with Crippen LogP contribution < -0.4 is 15.8 Å². The Labute approximate surface area is 195 Å². The van der Waals surface area contributed by atoms with Crippen LogP contribution in [0.1, 0.15) is 36.6 Å². The summed E-state index contributed by atoms with van der Waals surface area (Å²) in [6.45, 7) is 12.9. The van der Waals surface area contributed by atoms with Crippen LogP contribution in [0.3, 0.4) is 0 Å². The predicted octanol–water partition coefficient (Wildman–Crippen LogP) is 3.34. The highest BCUT2D eigenvalue weighted by Gasteiger charge is 2.17. The first kappa shape index (κ1) is 31.6. The number of rotatable bonds is 8. The molecular weight excluding hydrogens is 455 g/mol. The van der Waals surface area contributed by atoms with Crippen LogP contribution in [0.25, 0.3) is 15.4 Å². The van der Waals surface area contributed by atoms with Crippen molar-refractivity contribution >= 4 is 34.9 Å². The van der Waals surface area contributed by atoms with Crippen LogP contribution in [-0.2, 0) is 9.59 Å². The Morgan fingerprint density at radius 1 is 1.27 bits per heavy atom. The van der Waals surface area contributed by atoms with Crippen molar-refractivity contribution in [2.24, 2.45) is 11.7 Å². The van der Waals surface area contributed by atoms with Gasteiger partial charge >= 0.3 is 11.9 Å². The standard InChI is InChI=1S/C18H19N3O4S.C2H5NO2.CH4.FH/c1-10(2)9-25-14-6-5-12(7-13(14)19-4)18-21-11(3)16(26-18)17(24)20-8-15(22)23;3-1-2(4)5;;/h5-7,10H,8-9H2,1-3H3,(H,20,24)(H,22,23);1,3H2,(H,4,5);1H4;1H. The Hall–Kier alpha value is -3.56. The van der Waals surface area contributed by atoms with E-state index < -0.39 is 24.4 Å². The Balaban J connectivity index is 0. The molecule has 0 fully saturated rings. The fourth-order valence-electron chi connectivity index (χ4n) is 2.08. The largest absolute Gasteiger partial charge is 0.504 e. The summed E-state index contributed by atoms with van der Waals surface area (Å²) < 4.78 is 5.65. The molecule has 1 amide bonds. The molecule has 0 aliphatic heterocycles. The van der Waals surface area contributed by atoms with Gasteiger partial charge in [-0.1, -0.05) is 27.3 Å². The lowest BCUT2D eigenvalue weighted by molar-refractivity contribution is -0.136. The number of hydrogen-bond donors (Lipinski definition) is 4. The SMILES string of the molecule is C.F.NCC(=O)O.[C-]#[N+]c1cc(-c2nc(C)c(C(=O)NCC(=O)O)s2)ccc1OCC(C)C. The van der Waals surface area contributed by atoms with Gasteiger partial charge in [0.15, 0.2) is 0 Å². The van der Waals surface area contributed by atoms with E-state index in [0.29, 0.717) is 45.1 Å². The van der Waals surface area contributed by atoms with Gasteiger partial charge in [0.25, 0.3) is 5.91 Å². The normalized spacial score (nSPS) is 9.33. The van der Waals surface area contributed by atoms with Gasteiger partial charge in [-0.25, -0.2) is 9.83 Å². The Kier molecular flexibility index (Phi) is 14.6. The summed E-state index contributed by atoms with van der Waals surface area (Å²) in [4.78, 5) is 40.1. The van der Waals surface area contributed by atoms with Crippen LogP contribution in [0.4, 0.5) is 10.4 Å². The fraction of sp³-hybridized carbons (Fsp3) is 0.381. The van der Waals surface area contributed by atoms with E-state index in [1.54, 1.807) is 25.1 Å². The number of aliphatic carboxylic acids is 2. The molecule has 0 aliphatic rings. The third-order valence-electron chi connectivity index (χ3n) is 3.48. The van der Waals surface area contributed by atoms with Crippen molar-refractivity contribution in [1.29, 1.82) is 0 Å². The first-order valence-corrected chi connectivity index (χ1v) is 9.94. The Bertz CT molecular complexity index is 988. The summed E-state index contributed by atoms with van der Waals surface area (Å²) in [5.41, 5.74) is 6.17. The third kappa shape index (κ3) is 10.5. The molecule has 0 bridgehead atoms. The maximum Gasteiger partial charge on any atom is 0.322 e. The zero-order valence-electron chi connectivity index (χ0n) is 17.7. The average Bonchev–Trinajstić information content (AvgIpc) is 3.12. The minimum Gasteiger partial charge on any atom is -0.504 e. The number of hydrogen-bond acceptors (Lipinski definition) is 7. The number of halogens is 1. The van der Waals surface area contributed by atoms with E-state index in [0.717, 1.165) is 11.3 Å². The van der Waals surface area contributed by atoms with Gasteiger partial charge in [0.2, 0.25) is 5.69 Å². The molecule has 12 heteroatoms.